The molecule has 0 amide bonds. The minimum atomic E-state index is 0.617. The largest absolute Gasteiger partial charge is 0.371 e. The van der Waals surface area contributed by atoms with Gasteiger partial charge in [-0.3, -0.25) is 9.38 Å². The molecular formula is C20H17N5. The number of nitrogens with one attached hydrogen (secondary N) is 1. The Morgan fingerprint density at radius 2 is 2.00 bits per heavy atom. The van der Waals surface area contributed by atoms with Crippen LogP contribution in [0.25, 0.3) is 16.7 Å². The van der Waals surface area contributed by atoms with Gasteiger partial charge < -0.3 is 5.32 Å². The average Bonchev–Trinajstić information content (AvgIpc) is 3.02. The molecule has 122 valence electrons. The topological polar surface area (TPSA) is 66.0 Å². The lowest BCUT2D eigenvalue weighted by molar-refractivity contribution is 0.949. The van der Waals surface area contributed by atoms with Gasteiger partial charge in [-0.2, -0.15) is 5.26 Å². The first-order valence-corrected chi connectivity index (χ1v) is 8.22. The summed E-state index contributed by atoms with van der Waals surface area (Å²) in [7, 11) is 0. The van der Waals surface area contributed by atoms with Crippen LogP contribution in [0, 0.1) is 18.3 Å². The number of aryl methyl sites for hydroxylation is 1. The van der Waals surface area contributed by atoms with Gasteiger partial charge in [-0.05, 0) is 42.8 Å². The second-order valence-corrected chi connectivity index (χ2v) is 5.96. The molecule has 5 heteroatoms. The number of aromatic nitrogens is 3. The van der Waals surface area contributed by atoms with Crippen LogP contribution in [0.15, 0.2) is 54.7 Å². The van der Waals surface area contributed by atoms with Gasteiger partial charge in [0.2, 0.25) is 0 Å². The van der Waals surface area contributed by atoms with Gasteiger partial charge in [-0.25, -0.2) is 4.98 Å². The third-order valence-corrected chi connectivity index (χ3v) is 4.30. The predicted molar refractivity (Wildman–Crippen MR) is 98.6 cm³/mol. The van der Waals surface area contributed by atoms with Crippen LogP contribution in [-0.2, 0) is 6.42 Å². The highest BCUT2D eigenvalue weighted by Gasteiger charge is 2.14. The maximum atomic E-state index is 9.53. The quantitative estimate of drug-likeness (QED) is 0.620. The lowest BCUT2D eigenvalue weighted by Crippen LogP contribution is -2.10. The van der Waals surface area contributed by atoms with Crippen LogP contribution in [0.5, 0.6) is 0 Å². The Bertz CT molecular complexity index is 1090. The van der Waals surface area contributed by atoms with E-state index in [0.717, 1.165) is 41.1 Å². The number of nitriles is 1. The molecular weight excluding hydrogens is 310 g/mol. The molecule has 0 aliphatic carbocycles. The fourth-order valence-electron chi connectivity index (χ4n) is 3.09. The van der Waals surface area contributed by atoms with Crippen molar-refractivity contribution in [2.24, 2.45) is 0 Å². The van der Waals surface area contributed by atoms with E-state index < -0.39 is 0 Å². The second-order valence-electron chi connectivity index (χ2n) is 5.96. The van der Waals surface area contributed by atoms with Crippen LogP contribution < -0.4 is 5.32 Å². The number of imidazole rings is 1. The van der Waals surface area contributed by atoms with Gasteiger partial charge in [0.1, 0.15) is 11.9 Å². The van der Waals surface area contributed by atoms with Crippen LogP contribution in [-0.4, -0.2) is 20.9 Å². The van der Waals surface area contributed by atoms with E-state index in [4.69, 9.17) is 0 Å². The molecule has 1 N–H and O–H groups in total. The lowest BCUT2D eigenvalue weighted by atomic mass is 10.1. The van der Waals surface area contributed by atoms with Gasteiger partial charge in [0.05, 0.1) is 16.6 Å². The zero-order chi connectivity index (χ0) is 17.2. The molecule has 0 saturated heterocycles. The van der Waals surface area contributed by atoms with E-state index in [1.807, 2.05) is 66.1 Å². The van der Waals surface area contributed by atoms with E-state index >= 15 is 0 Å². The monoisotopic (exact) mass is 327 g/mol. The Kier molecular flexibility index (Phi) is 3.79. The summed E-state index contributed by atoms with van der Waals surface area (Å²) < 4.78 is 2.03. The Morgan fingerprint density at radius 3 is 2.80 bits per heavy atom. The molecule has 0 aliphatic heterocycles. The summed E-state index contributed by atoms with van der Waals surface area (Å²) in [5, 5.41) is 13.0. The Balaban J connectivity index is 1.76. The number of para-hydroxylation sites is 2. The van der Waals surface area contributed by atoms with Gasteiger partial charge in [0, 0.05) is 24.9 Å². The van der Waals surface area contributed by atoms with Crippen molar-refractivity contribution in [2.45, 2.75) is 13.3 Å². The molecule has 0 unspecified atom stereocenters. The first kappa shape index (κ1) is 15.2. The summed E-state index contributed by atoms with van der Waals surface area (Å²) in [6, 6.07) is 18.2. The molecule has 1 aromatic carbocycles. The number of rotatable bonds is 4. The molecule has 0 spiro atoms. The van der Waals surface area contributed by atoms with Crippen molar-refractivity contribution in [3.8, 4) is 6.07 Å². The maximum absolute atomic E-state index is 9.53. The van der Waals surface area contributed by atoms with Crippen molar-refractivity contribution < 1.29 is 0 Å². The van der Waals surface area contributed by atoms with Crippen LogP contribution in [0.4, 0.5) is 5.82 Å². The molecule has 0 atom stereocenters. The molecule has 3 heterocycles. The first-order chi connectivity index (χ1) is 12.3. The molecule has 4 rings (SSSR count). The van der Waals surface area contributed by atoms with Gasteiger partial charge in [-0.1, -0.05) is 18.2 Å². The number of nitrogens with zero attached hydrogens (tertiary/aromatic N) is 4. The third kappa shape index (κ3) is 2.68. The third-order valence-electron chi connectivity index (χ3n) is 4.30. The molecule has 5 nitrogen and oxygen atoms in total. The summed E-state index contributed by atoms with van der Waals surface area (Å²) in [6.45, 7) is 2.70. The lowest BCUT2D eigenvalue weighted by Gasteiger charge is -2.12. The predicted octanol–water partition coefficient (Wildman–Crippen LogP) is 3.72. The standard InChI is InChI=1S/C20H17N5/c1-14-12-19(23-11-9-15-6-4-5-10-22-15)25-18-8-3-2-7-17(18)24-20(25)16(14)13-21/h2-8,10,12,23H,9,11H2,1H3. The first-order valence-electron chi connectivity index (χ1n) is 8.22. The number of hydrogen-bond donors (Lipinski definition) is 1. The molecule has 0 radical (unpaired) electrons. The highest BCUT2D eigenvalue weighted by atomic mass is 15.1. The Labute approximate surface area is 145 Å². The van der Waals surface area contributed by atoms with Crippen LogP contribution in [0.2, 0.25) is 0 Å². The highest BCUT2D eigenvalue weighted by Crippen LogP contribution is 2.26. The molecule has 0 bridgehead atoms. The van der Waals surface area contributed by atoms with Crippen LogP contribution in [0.3, 0.4) is 0 Å². The fraction of sp³-hybridized carbons (Fsp3) is 0.150. The summed E-state index contributed by atoms with van der Waals surface area (Å²) in [5.74, 6) is 0.941. The van der Waals surface area contributed by atoms with E-state index in [1.54, 1.807) is 0 Å². The summed E-state index contributed by atoms with van der Waals surface area (Å²) >= 11 is 0. The number of pyridine rings is 2. The summed E-state index contributed by atoms with van der Waals surface area (Å²) in [6.07, 6.45) is 2.64. The zero-order valence-corrected chi connectivity index (χ0v) is 13.9. The zero-order valence-electron chi connectivity index (χ0n) is 13.9. The average molecular weight is 327 g/mol. The van der Waals surface area contributed by atoms with E-state index in [-0.39, 0.29) is 0 Å². The van der Waals surface area contributed by atoms with Crippen molar-refractivity contribution in [3.05, 3.63) is 71.5 Å². The van der Waals surface area contributed by atoms with Gasteiger partial charge in [-0.15, -0.1) is 0 Å². The Hall–Kier alpha value is -3.39. The molecule has 0 aliphatic rings. The molecule has 0 saturated carbocycles. The number of benzene rings is 1. The number of anilines is 1. The minimum Gasteiger partial charge on any atom is -0.371 e. The van der Waals surface area contributed by atoms with Crippen molar-refractivity contribution >= 4 is 22.5 Å². The summed E-state index contributed by atoms with van der Waals surface area (Å²) in [4.78, 5) is 9.02. The van der Waals surface area contributed by atoms with Crippen LogP contribution >= 0.6 is 0 Å². The minimum absolute atomic E-state index is 0.617. The SMILES string of the molecule is Cc1cc(NCCc2ccccn2)n2c(nc3ccccc32)c1C#N. The van der Waals surface area contributed by atoms with Crippen molar-refractivity contribution in [1.29, 1.82) is 5.26 Å². The maximum Gasteiger partial charge on any atom is 0.157 e. The van der Waals surface area contributed by atoms with E-state index in [2.05, 4.69) is 21.4 Å². The second kappa shape index (κ2) is 6.25. The molecule has 3 aromatic heterocycles. The highest BCUT2D eigenvalue weighted by molar-refractivity contribution is 5.85. The van der Waals surface area contributed by atoms with Crippen LogP contribution in [0.1, 0.15) is 16.8 Å². The molecule has 0 fully saturated rings. The van der Waals surface area contributed by atoms with Gasteiger partial charge in [0.15, 0.2) is 5.65 Å². The smallest absolute Gasteiger partial charge is 0.157 e. The normalized spacial score (nSPS) is 10.9. The molecule has 4 aromatic rings. The van der Waals surface area contributed by atoms with E-state index in [9.17, 15) is 5.26 Å². The van der Waals surface area contributed by atoms with Crippen molar-refractivity contribution in [2.75, 3.05) is 11.9 Å². The number of hydrogen-bond acceptors (Lipinski definition) is 4. The van der Waals surface area contributed by atoms with Crippen molar-refractivity contribution in [3.63, 3.8) is 0 Å². The van der Waals surface area contributed by atoms with E-state index in [1.165, 1.54) is 0 Å². The summed E-state index contributed by atoms with van der Waals surface area (Å²) in [5.41, 5.74) is 5.17. The van der Waals surface area contributed by atoms with Crippen molar-refractivity contribution in [1.82, 2.24) is 14.4 Å². The van der Waals surface area contributed by atoms with Gasteiger partial charge >= 0.3 is 0 Å². The fourth-order valence-corrected chi connectivity index (χ4v) is 3.09. The Morgan fingerprint density at radius 1 is 1.16 bits per heavy atom. The van der Waals surface area contributed by atoms with Gasteiger partial charge in [0.25, 0.3) is 0 Å². The number of fused-ring (bicyclic) bond motifs is 3. The molecule has 25 heavy (non-hydrogen) atoms. The van der Waals surface area contributed by atoms with E-state index in [0.29, 0.717) is 11.2 Å².